The normalized spacial score (nSPS) is 11.4. The first-order valence-corrected chi connectivity index (χ1v) is 8.10. The van der Waals surface area contributed by atoms with Crippen LogP contribution in [0.3, 0.4) is 0 Å². The number of nitrogens with one attached hydrogen (secondary N) is 1. The molecule has 0 atom stereocenters. The number of nitrogens with zero attached hydrogens (tertiary/aromatic N) is 1. The van der Waals surface area contributed by atoms with E-state index in [1.807, 2.05) is 0 Å². The molecular weight excluding hydrogens is 324 g/mol. The van der Waals surface area contributed by atoms with E-state index in [1.165, 1.54) is 23.5 Å². The van der Waals surface area contributed by atoms with Crippen molar-refractivity contribution in [1.29, 1.82) is 0 Å². The molecule has 0 amide bonds. The summed E-state index contributed by atoms with van der Waals surface area (Å²) < 4.78 is 26.5. The Morgan fingerprint density at radius 1 is 1.45 bits per heavy atom. The van der Waals surface area contributed by atoms with Gasteiger partial charge in [-0.25, -0.2) is 22.9 Å². The fourth-order valence-electron chi connectivity index (χ4n) is 1.41. The van der Waals surface area contributed by atoms with Gasteiger partial charge in [-0.05, 0) is 18.2 Å². The Hall–Kier alpha value is -1.48. The van der Waals surface area contributed by atoms with Crippen molar-refractivity contribution in [1.82, 2.24) is 9.71 Å². The number of thiazole rings is 1. The van der Waals surface area contributed by atoms with E-state index in [9.17, 15) is 13.2 Å². The number of halogens is 1. The van der Waals surface area contributed by atoms with Crippen molar-refractivity contribution < 1.29 is 18.3 Å². The fraction of sp³-hybridized carbons (Fsp3) is 0.0909. The van der Waals surface area contributed by atoms with Crippen molar-refractivity contribution in [3.63, 3.8) is 0 Å². The van der Waals surface area contributed by atoms with Crippen LogP contribution in [0.2, 0.25) is 5.02 Å². The summed E-state index contributed by atoms with van der Waals surface area (Å²) in [4.78, 5) is 14.5. The Morgan fingerprint density at radius 3 is 2.80 bits per heavy atom. The van der Waals surface area contributed by atoms with Crippen molar-refractivity contribution in [3.05, 3.63) is 45.4 Å². The van der Waals surface area contributed by atoms with Crippen LogP contribution in [0.1, 0.15) is 16.1 Å². The molecule has 0 aliphatic heterocycles. The lowest BCUT2D eigenvalue weighted by Crippen LogP contribution is -2.24. The molecule has 0 radical (unpaired) electrons. The van der Waals surface area contributed by atoms with Crippen LogP contribution in [-0.2, 0) is 16.6 Å². The van der Waals surface area contributed by atoms with Crippen LogP contribution in [0.4, 0.5) is 0 Å². The van der Waals surface area contributed by atoms with Crippen molar-refractivity contribution in [2.24, 2.45) is 0 Å². The van der Waals surface area contributed by atoms with E-state index >= 15 is 0 Å². The van der Waals surface area contributed by atoms with E-state index in [2.05, 4.69) is 9.71 Å². The largest absolute Gasteiger partial charge is 0.478 e. The van der Waals surface area contributed by atoms with Gasteiger partial charge in [-0.1, -0.05) is 11.6 Å². The maximum atomic E-state index is 12.1. The second-order valence-corrected chi connectivity index (χ2v) is 6.62. The van der Waals surface area contributed by atoms with Gasteiger partial charge in [0.15, 0.2) is 0 Å². The van der Waals surface area contributed by atoms with Crippen molar-refractivity contribution >= 4 is 38.9 Å². The molecule has 1 heterocycles. The van der Waals surface area contributed by atoms with Gasteiger partial charge in [0.2, 0.25) is 10.0 Å². The van der Waals surface area contributed by atoms with Crippen LogP contribution in [-0.4, -0.2) is 24.5 Å². The number of aromatic nitrogens is 1. The van der Waals surface area contributed by atoms with Gasteiger partial charge >= 0.3 is 5.97 Å². The van der Waals surface area contributed by atoms with Crippen molar-refractivity contribution in [3.8, 4) is 0 Å². The average Bonchev–Trinajstić information content (AvgIpc) is 2.89. The summed E-state index contributed by atoms with van der Waals surface area (Å²) in [5, 5.41) is 10.5. The Labute approximate surface area is 124 Å². The van der Waals surface area contributed by atoms with Gasteiger partial charge < -0.3 is 5.11 Å². The third-order valence-corrected chi connectivity index (χ3v) is 4.91. The van der Waals surface area contributed by atoms with E-state index in [4.69, 9.17) is 16.7 Å². The molecule has 0 saturated heterocycles. The Kier molecular flexibility index (Phi) is 4.39. The summed E-state index contributed by atoms with van der Waals surface area (Å²) in [5.74, 6) is -1.22. The molecule has 0 aliphatic rings. The van der Waals surface area contributed by atoms with Gasteiger partial charge in [-0.15, -0.1) is 11.3 Å². The lowest BCUT2D eigenvalue weighted by molar-refractivity contribution is 0.0696. The van der Waals surface area contributed by atoms with Gasteiger partial charge in [-0.3, -0.25) is 0 Å². The third kappa shape index (κ3) is 3.34. The quantitative estimate of drug-likeness (QED) is 0.872. The summed E-state index contributed by atoms with van der Waals surface area (Å²) in [5.41, 5.74) is 2.01. The lowest BCUT2D eigenvalue weighted by atomic mass is 10.2. The highest BCUT2D eigenvalue weighted by Gasteiger charge is 2.20. The van der Waals surface area contributed by atoms with Crippen LogP contribution < -0.4 is 4.72 Å². The molecule has 106 valence electrons. The molecule has 20 heavy (non-hydrogen) atoms. The van der Waals surface area contributed by atoms with Gasteiger partial charge in [-0.2, -0.15) is 0 Å². The van der Waals surface area contributed by atoms with Crippen LogP contribution in [0.5, 0.6) is 0 Å². The minimum absolute atomic E-state index is 0.0134. The second-order valence-electron chi connectivity index (χ2n) is 3.75. The summed E-state index contributed by atoms with van der Waals surface area (Å²) in [6.07, 6.45) is 0. The molecule has 1 aromatic carbocycles. The fourth-order valence-corrected chi connectivity index (χ4v) is 3.49. The van der Waals surface area contributed by atoms with Gasteiger partial charge in [0.25, 0.3) is 0 Å². The van der Waals surface area contributed by atoms with Crippen LogP contribution in [0, 0.1) is 0 Å². The molecule has 6 nitrogen and oxygen atoms in total. The molecule has 2 aromatic rings. The van der Waals surface area contributed by atoms with E-state index in [-0.39, 0.29) is 22.0 Å². The first-order chi connectivity index (χ1) is 9.40. The standard InChI is InChI=1S/C11H9ClN2O4S2/c12-9-2-1-7(11(15)16)3-10(9)20(17,18)14-4-8-5-19-6-13-8/h1-3,5-6,14H,4H2,(H,15,16). The Balaban J connectivity index is 2.28. The zero-order valence-electron chi connectivity index (χ0n) is 9.91. The van der Waals surface area contributed by atoms with E-state index < -0.39 is 16.0 Å². The highest BCUT2D eigenvalue weighted by Crippen LogP contribution is 2.22. The maximum absolute atomic E-state index is 12.1. The summed E-state index contributed by atoms with van der Waals surface area (Å²) in [6.45, 7) is 0.0134. The summed E-state index contributed by atoms with van der Waals surface area (Å²) in [7, 11) is -3.90. The monoisotopic (exact) mass is 332 g/mol. The van der Waals surface area contributed by atoms with Crippen LogP contribution in [0.25, 0.3) is 0 Å². The Morgan fingerprint density at radius 2 is 2.20 bits per heavy atom. The molecule has 0 fully saturated rings. The minimum atomic E-state index is -3.90. The highest BCUT2D eigenvalue weighted by atomic mass is 35.5. The number of sulfonamides is 1. The number of carbonyl (C=O) groups is 1. The first kappa shape index (κ1) is 14.9. The molecule has 2 N–H and O–H groups in total. The summed E-state index contributed by atoms with van der Waals surface area (Å²) in [6, 6.07) is 3.50. The zero-order chi connectivity index (χ0) is 14.8. The minimum Gasteiger partial charge on any atom is -0.478 e. The SMILES string of the molecule is O=C(O)c1ccc(Cl)c(S(=O)(=O)NCc2cscn2)c1. The number of carboxylic acids is 1. The summed E-state index contributed by atoms with van der Waals surface area (Å²) >= 11 is 7.17. The van der Waals surface area contributed by atoms with Gasteiger partial charge in [0.05, 0.1) is 28.3 Å². The zero-order valence-corrected chi connectivity index (χ0v) is 12.3. The number of hydrogen-bond acceptors (Lipinski definition) is 5. The smallest absolute Gasteiger partial charge is 0.335 e. The van der Waals surface area contributed by atoms with Crippen LogP contribution in [0.15, 0.2) is 34.0 Å². The third-order valence-electron chi connectivity index (χ3n) is 2.39. The maximum Gasteiger partial charge on any atom is 0.335 e. The van der Waals surface area contributed by atoms with Gasteiger partial charge in [0.1, 0.15) is 4.90 Å². The number of carboxylic acid groups (broad SMARTS) is 1. The van der Waals surface area contributed by atoms with E-state index in [0.29, 0.717) is 5.69 Å². The van der Waals surface area contributed by atoms with Crippen LogP contribution >= 0.6 is 22.9 Å². The molecule has 2 rings (SSSR count). The van der Waals surface area contributed by atoms with E-state index in [1.54, 1.807) is 10.9 Å². The molecule has 0 bridgehead atoms. The molecule has 1 aromatic heterocycles. The highest BCUT2D eigenvalue weighted by molar-refractivity contribution is 7.89. The number of hydrogen-bond donors (Lipinski definition) is 2. The number of rotatable bonds is 5. The van der Waals surface area contributed by atoms with Crippen molar-refractivity contribution in [2.75, 3.05) is 0 Å². The first-order valence-electron chi connectivity index (χ1n) is 5.30. The molecule has 0 unspecified atom stereocenters. The van der Waals surface area contributed by atoms with Gasteiger partial charge in [0, 0.05) is 5.38 Å². The topological polar surface area (TPSA) is 96.4 Å². The van der Waals surface area contributed by atoms with Crippen molar-refractivity contribution in [2.45, 2.75) is 11.4 Å². The predicted octanol–water partition coefficient (Wildman–Crippen LogP) is 1.97. The lowest BCUT2D eigenvalue weighted by Gasteiger charge is -2.08. The molecule has 0 aliphatic carbocycles. The van der Waals surface area contributed by atoms with E-state index in [0.717, 1.165) is 6.07 Å². The molecular formula is C11H9ClN2O4S2. The molecule has 0 spiro atoms. The number of benzene rings is 1. The predicted molar refractivity (Wildman–Crippen MR) is 74.6 cm³/mol. The molecule has 9 heteroatoms. The number of aromatic carboxylic acids is 1. The molecule has 0 saturated carbocycles. The second kappa shape index (κ2) is 5.88. The Bertz CT molecular complexity index is 729. The average molecular weight is 333 g/mol.